The maximum atomic E-state index is 5.35. The molecule has 0 aromatic carbocycles. The van der Waals surface area contributed by atoms with E-state index in [0.29, 0.717) is 6.10 Å². The second kappa shape index (κ2) is 2.01. The molecule has 9 heavy (non-hydrogen) atoms. The van der Waals surface area contributed by atoms with Crippen molar-refractivity contribution in [3.63, 3.8) is 0 Å². The lowest BCUT2D eigenvalue weighted by atomic mass is 10.1. The summed E-state index contributed by atoms with van der Waals surface area (Å²) in [5.74, 6) is 0. The molecule has 0 amide bonds. The van der Waals surface area contributed by atoms with Crippen LogP contribution < -0.4 is 0 Å². The molecule has 2 unspecified atom stereocenters. The Morgan fingerprint density at radius 2 is 2.44 bits per heavy atom. The number of hydrogen-bond acceptors (Lipinski definition) is 3. The monoisotopic (exact) mass is 144 g/mol. The van der Waals surface area contributed by atoms with Crippen LogP contribution in [0.25, 0.3) is 0 Å². The Morgan fingerprint density at radius 1 is 1.56 bits per heavy atom. The molecule has 0 aromatic rings. The van der Waals surface area contributed by atoms with Crippen molar-refractivity contribution in [1.82, 2.24) is 0 Å². The lowest BCUT2D eigenvalue weighted by Crippen LogP contribution is -2.26. The van der Waals surface area contributed by atoms with E-state index in [9.17, 15) is 0 Å². The van der Waals surface area contributed by atoms with Gasteiger partial charge >= 0.3 is 0 Å². The van der Waals surface area contributed by atoms with E-state index in [-0.39, 0.29) is 6.29 Å². The van der Waals surface area contributed by atoms with Crippen LogP contribution in [-0.2, 0) is 9.47 Å². The number of thiocarbonyl (C=S) groups is 1. The van der Waals surface area contributed by atoms with Crippen LogP contribution >= 0.6 is 12.2 Å². The van der Waals surface area contributed by atoms with Gasteiger partial charge < -0.3 is 9.47 Å². The molecule has 0 N–H and O–H groups in total. The first-order chi connectivity index (χ1) is 4.36. The molecule has 2 saturated heterocycles. The van der Waals surface area contributed by atoms with Crippen LogP contribution in [0.5, 0.6) is 0 Å². The maximum Gasteiger partial charge on any atom is 0.190 e. The molecule has 2 heterocycles. The van der Waals surface area contributed by atoms with Gasteiger partial charge in [0.2, 0.25) is 0 Å². The third-order valence-electron chi connectivity index (χ3n) is 1.73. The highest BCUT2D eigenvalue weighted by atomic mass is 32.1. The Morgan fingerprint density at radius 3 is 3.22 bits per heavy atom. The van der Waals surface area contributed by atoms with Gasteiger partial charge in [0.1, 0.15) is 0 Å². The summed E-state index contributed by atoms with van der Waals surface area (Å²) in [6.45, 7) is 0.741. The summed E-state index contributed by atoms with van der Waals surface area (Å²) in [4.78, 5) is 0.934. The second-order valence-electron chi connectivity index (χ2n) is 2.43. The Labute approximate surface area is 59.1 Å². The van der Waals surface area contributed by atoms with Gasteiger partial charge in [0.15, 0.2) is 6.29 Å². The Kier molecular flexibility index (Phi) is 1.29. The lowest BCUT2D eigenvalue weighted by molar-refractivity contribution is -0.0141. The molecule has 0 aliphatic carbocycles. The average molecular weight is 144 g/mol. The molecule has 0 aromatic heterocycles. The van der Waals surface area contributed by atoms with E-state index < -0.39 is 0 Å². The summed E-state index contributed by atoms with van der Waals surface area (Å²) in [7, 11) is 0. The molecule has 2 fully saturated rings. The van der Waals surface area contributed by atoms with Crippen molar-refractivity contribution in [2.45, 2.75) is 25.2 Å². The summed E-state index contributed by atoms with van der Waals surface area (Å²) in [6.07, 6.45) is 2.25. The van der Waals surface area contributed by atoms with Crippen LogP contribution in [0.4, 0.5) is 0 Å². The van der Waals surface area contributed by atoms with Gasteiger partial charge in [-0.05, 0) is 12.8 Å². The van der Waals surface area contributed by atoms with Gasteiger partial charge in [0.25, 0.3) is 0 Å². The van der Waals surface area contributed by atoms with E-state index in [2.05, 4.69) is 0 Å². The van der Waals surface area contributed by atoms with Crippen LogP contribution in [0.3, 0.4) is 0 Å². The molecule has 2 atom stereocenters. The standard InChI is InChI=1S/C6H8O2S/c9-5-2-1-4-3-7-6(5)8-4/h4,6H,1-3H2. The number of hydrogen-bond donors (Lipinski definition) is 0. The number of fused-ring (bicyclic) bond motifs is 2. The first-order valence-corrected chi connectivity index (χ1v) is 3.57. The molecular weight excluding hydrogens is 136 g/mol. The van der Waals surface area contributed by atoms with Crippen LogP contribution in [0, 0.1) is 0 Å². The Hall–Kier alpha value is 0.0100. The van der Waals surface area contributed by atoms with Gasteiger partial charge in [0, 0.05) is 4.86 Å². The Balaban J connectivity index is 2.14. The highest BCUT2D eigenvalue weighted by Gasteiger charge is 2.33. The molecule has 0 spiro atoms. The first kappa shape index (κ1) is 5.77. The maximum absolute atomic E-state index is 5.35. The molecule has 2 aliphatic heterocycles. The summed E-state index contributed by atoms with van der Waals surface area (Å²) in [6, 6.07) is 0. The van der Waals surface area contributed by atoms with Crippen LogP contribution in [0.15, 0.2) is 0 Å². The van der Waals surface area contributed by atoms with Crippen molar-refractivity contribution in [3.05, 3.63) is 0 Å². The van der Waals surface area contributed by atoms with Gasteiger partial charge in [-0.3, -0.25) is 0 Å². The third-order valence-corrected chi connectivity index (χ3v) is 2.12. The van der Waals surface area contributed by atoms with Crippen LogP contribution in [-0.4, -0.2) is 23.9 Å². The molecule has 3 heteroatoms. The zero-order chi connectivity index (χ0) is 6.27. The van der Waals surface area contributed by atoms with Gasteiger partial charge in [-0.25, -0.2) is 0 Å². The zero-order valence-electron chi connectivity index (χ0n) is 5.00. The molecule has 2 rings (SSSR count). The fourth-order valence-corrected chi connectivity index (χ4v) is 1.43. The highest BCUT2D eigenvalue weighted by molar-refractivity contribution is 7.80. The van der Waals surface area contributed by atoms with Crippen molar-refractivity contribution in [1.29, 1.82) is 0 Å². The summed E-state index contributed by atoms with van der Waals surface area (Å²) in [5, 5.41) is 0. The normalized spacial score (nSPS) is 41.6. The van der Waals surface area contributed by atoms with Crippen molar-refractivity contribution in [2.24, 2.45) is 0 Å². The minimum atomic E-state index is -0.140. The van der Waals surface area contributed by atoms with Gasteiger partial charge in [-0.1, -0.05) is 12.2 Å². The molecule has 2 aliphatic rings. The molecule has 2 bridgehead atoms. The van der Waals surface area contributed by atoms with Gasteiger partial charge in [-0.15, -0.1) is 0 Å². The first-order valence-electron chi connectivity index (χ1n) is 3.16. The fraction of sp³-hybridized carbons (Fsp3) is 0.833. The van der Waals surface area contributed by atoms with E-state index in [0.717, 1.165) is 24.3 Å². The van der Waals surface area contributed by atoms with Gasteiger partial charge in [-0.2, -0.15) is 0 Å². The quantitative estimate of drug-likeness (QED) is 0.470. The SMILES string of the molecule is S=C1CCC2COC1O2. The predicted molar refractivity (Wildman–Crippen MR) is 36.4 cm³/mol. The van der Waals surface area contributed by atoms with Crippen molar-refractivity contribution >= 4 is 17.1 Å². The lowest BCUT2D eigenvalue weighted by Gasteiger charge is -2.17. The van der Waals surface area contributed by atoms with E-state index in [1.54, 1.807) is 0 Å². The number of rotatable bonds is 0. The number of ether oxygens (including phenoxy) is 2. The third kappa shape index (κ3) is 0.892. The zero-order valence-corrected chi connectivity index (χ0v) is 5.82. The Bertz CT molecular complexity index is 146. The summed E-state index contributed by atoms with van der Waals surface area (Å²) in [5.41, 5.74) is 0. The van der Waals surface area contributed by atoms with Crippen molar-refractivity contribution in [2.75, 3.05) is 6.61 Å². The predicted octanol–water partition coefficient (Wildman–Crippen LogP) is 0.892. The molecule has 0 radical (unpaired) electrons. The largest absolute Gasteiger partial charge is 0.345 e. The van der Waals surface area contributed by atoms with E-state index in [1.165, 1.54) is 0 Å². The van der Waals surface area contributed by atoms with Crippen LogP contribution in [0.1, 0.15) is 12.8 Å². The highest BCUT2D eigenvalue weighted by Crippen LogP contribution is 2.24. The smallest absolute Gasteiger partial charge is 0.190 e. The molecule has 50 valence electrons. The molecule has 0 saturated carbocycles. The summed E-state index contributed by atoms with van der Waals surface area (Å²) >= 11 is 5.00. The van der Waals surface area contributed by atoms with E-state index in [4.69, 9.17) is 21.7 Å². The van der Waals surface area contributed by atoms with Crippen molar-refractivity contribution < 1.29 is 9.47 Å². The topological polar surface area (TPSA) is 18.5 Å². The van der Waals surface area contributed by atoms with E-state index in [1.807, 2.05) is 0 Å². The molecule has 2 nitrogen and oxygen atoms in total. The average Bonchev–Trinajstić information content (AvgIpc) is 2.25. The van der Waals surface area contributed by atoms with Gasteiger partial charge in [0.05, 0.1) is 12.7 Å². The van der Waals surface area contributed by atoms with Crippen LogP contribution in [0.2, 0.25) is 0 Å². The molecular formula is C6H8O2S. The van der Waals surface area contributed by atoms with Crippen molar-refractivity contribution in [3.8, 4) is 0 Å². The summed E-state index contributed by atoms with van der Waals surface area (Å²) < 4.78 is 10.6. The fourth-order valence-electron chi connectivity index (χ4n) is 1.19. The van der Waals surface area contributed by atoms with E-state index >= 15 is 0 Å². The second-order valence-corrected chi connectivity index (χ2v) is 2.95. The minimum Gasteiger partial charge on any atom is -0.345 e. The minimum absolute atomic E-state index is 0.140.